The first-order chi connectivity index (χ1) is 23.6. The number of hydrogen-bond donors (Lipinski definition) is 0. The molecule has 0 heterocycles. The third-order valence-corrected chi connectivity index (χ3v) is 22.4. The van der Waals surface area contributed by atoms with Gasteiger partial charge < -0.3 is 0 Å². The van der Waals surface area contributed by atoms with Gasteiger partial charge in [0, 0.05) is 0 Å². The van der Waals surface area contributed by atoms with E-state index in [1.54, 1.807) is 15.9 Å². The summed E-state index contributed by atoms with van der Waals surface area (Å²) in [6.07, 6.45) is 19.9. The average Bonchev–Trinajstić information content (AvgIpc) is 3.47. The van der Waals surface area contributed by atoms with Crippen LogP contribution < -0.4 is 15.9 Å². The van der Waals surface area contributed by atoms with E-state index >= 15 is 0 Å². The molecule has 3 aromatic rings. The Bertz CT molecular complexity index is 1410. The van der Waals surface area contributed by atoms with Crippen LogP contribution in [-0.2, 0) is 0 Å². The summed E-state index contributed by atoms with van der Waals surface area (Å²) in [7, 11) is -2.19. The van der Waals surface area contributed by atoms with Crippen LogP contribution in [0.25, 0.3) is 0 Å². The van der Waals surface area contributed by atoms with Crippen molar-refractivity contribution in [2.45, 2.75) is 122 Å². The maximum atomic E-state index is 4.66. The van der Waals surface area contributed by atoms with E-state index in [9.17, 15) is 0 Å². The van der Waals surface area contributed by atoms with E-state index in [0.29, 0.717) is 15.2 Å². The van der Waals surface area contributed by atoms with Gasteiger partial charge in [0.15, 0.2) is 0 Å². The third-order valence-electron chi connectivity index (χ3n) is 15.8. The molecule has 4 aliphatic carbocycles. The number of rotatable bonds is 11. The van der Waals surface area contributed by atoms with Crippen LogP contribution in [0, 0.1) is 52.3 Å². The summed E-state index contributed by atoms with van der Waals surface area (Å²) < 4.78 is 0.302. The molecule has 2 unspecified atom stereocenters. The Labute approximate surface area is 309 Å². The monoisotopic (exact) mass is 740 g/mol. The van der Waals surface area contributed by atoms with Crippen LogP contribution in [0.15, 0.2) is 91.0 Å². The van der Waals surface area contributed by atoms with Gasteiger partial charge in [-0.1, -0.05) is 40.0 Å². The minimum atomic E-state index is -2.19. The summed E-state index contributed by atoms with van der Waals surface area (Å²) >= 11 is 4.66. The number of halogens is 1. The van der Waals surface area contributed by atoms with Crippen molar-refractivity contribution in [1.29, 1.82) is 0 Å². The summed E-state index contributed by atoms with van der Waals surface area (Å²) in [5.74, 6) is 6.31. The molecule has 0 N–H and O–H groups in total. The Balaban J connectivity index is 1.09. The molecule has 4 aliphatic rings. The molecular formula is C47H66BrP. The van der Waals surface area contributed by atoms with Gasteiger partial charge in [0.2, 0.25) is 0 Å². The summed E-state index contributed by atoms with van der Waals surface area (Å²) in [5.41, 5.74) is 1.01. The van der Waals surface area contributed by atoms with E-state index in [0.717, 1.165) is 41.4 Å². The topological polar surface area (TPSA) is 0 Å². The normalized spacial score (nSPS) is 35.3. The van der Waals surface area contributed by atoms with Crippen molar-refractivity contribution in [1.82, 2.24) is 0 Å². The molecule has 4 fully saturated rings. The Morgan fingerprint density at radius 2 is 1.27 bits per heavy atom. The van der Waals surface area contributed by atoms with Crippen molar-refractivity contribution < 1.29 is 0 Å². The van der Waals surface area contributed by atoms with Crippen molar-refractivity contribution in [3.05, 3.63) is 91.0 Å². The molecule has 0 saturated heterocycles. The second-order valence-corrected chi connectivity index (χ2v) is 24.0. The molecule has 0 aromatic heterocycles. The first-order valence-corrected chi connectivity index (χ1v) is 23.5. The predicted molar refractivity (Wildman–Crippen MR) is 221 cm³/mol. The minimum absolute atomic E-state index is 0.302. The van der Waals surface area contributed by atoms with E-state index in [4.69, 9.17) is 0 Å². The zero-order valence-corrected chi connectivity index (χ0v) is 34.1. The van der Waals surface area contributed by atoms with Crippen LogP contribution >= 0.6 is 23.2 Å². The summed E-state index contributed by atoms with van der Waals surface area (Å²) in [5, 5.41) is 4.70. The van der Waals surface area contributed by atoms with Crippen LogP contribution in [0.1, 0.15) is 118 Å². The van der Waals surface area contributed by atoms with E-state index in [1.807, 2.05) is 0 Å². The van der Waals surface area contributed by atoms with Crippen molar-refractivity contribution in [2.24, 2.45) is 52.3 Å². The standard InChI is InChI=1S/C47H66BrP/c1-35(2)16-15-17-36(3)42-24-25-43-41-27-32-47(48)34-37(26-31-46(47,5)44(41)28-30-45(42,43)4)29-33-49(38-18-9-6-10-19-38,39-20-11-7-12-21-39)40-22-13-8-14-23-40/h6-14,18-23,35-37,41-44,49H,15-17,24-34H2,1-5H3/t36-,37?,41+,42-,43+,44+,45-,46-,47?/m1/s1. The molecule has 4 saturated carbocycles. The summed E-state index contributed by atoms with van der Waals surface area (Å²) in [6, 6.07) is 34.9. The second kappa shape index (κ2) is 14.5. The van der Waals surface area contributed by atoms with E-state index in [1.165, 1.54) is 89.6 Å². The number of hydrogen-bond acceptors (Lipinski definition) is 0. The number of benzene rings is 3. The van der Waals surface area contributed by atoms with Gasteiger partial charge in [-0.25, -0.2) is 0 Å². The van der Waals surface area contributed by atoms with E-state index in [-0.39, 0.29) is 0 Å². The van der Waals surface area contributed by atoms with Gasteiger partial charge >= 0.3 is 265 Å². The van der Waals surface area contributed by atoms with Crippen LogP contribution in [0.4, 0.5) is 0 Å². The van der Waals surface area contributed by atoms with Crippen LogP contribution in [0.2, 0.25) is 0 Å². The first kappa shape index (κ1) is 36.0. The summed E-state index contributed by atoms with van der Waals surface area (Å²) in [6.45, 7) is 12.9. The van der Waals surface area contributed by atoms with Crippen LogP contribution in [-0.4, -0.2) is 10.5 Å². The van der Waals surface area contributed by atoms with Crippen molar-refractivity contribution in [3.63, 3.8) is 0 Å². The molecule has 0 aliphatic heterocycles. The van der Waals surface area contributed by atoms with Crippen molar-refractivity contribution in [2.75, 3.05) is 6.16 Å². The molecule has 49 heavy (non-hydrogen) atoms. The third kappa shape index (κ3) is 6.47. The molecular weight excluding hydrogens is 675 g/mol. The molecule has 0 bridgehead atoms. The fourth-order valence-electron chi connectivity index (χ4n) is 13.1. The van der Waals surface area contributed by atoms with Crippen LogP contribution in [0.5, 0.6) is 0 Å². The fraction of sp³-hybridized carbons (Fsp3) is 0.617. The molecule has 0 radical (unpaired) electrons. The maximum absolute atomic E-state index is 4.66. The van der Waals surface area contributed by atoms with Gasteiger partial charge in [0.05, 0.1) is 0 Å². The van der Waals surface area contributed by atoms with Gasteiger partial charge in [-0.2, -0.15) is 0 Å². The van der Waals surface area contributed by atoms with E-state index in [2.05, 4.69) is 142 Å². The van der Waals surface area contributed by atoms with Gasteiger partial charge in [0.1, 0.15) is 0 Å². The number of fused-ring (bicyclic) bond motifs is 5. The Hall–Kier alpha value is -1.43. The molecule has 9 atom stereocenters. The zero-order valence-electron chi connectivity index (χ0n) is 31.5. The molecule has 0 amide bonds. The van der Waals surface area contributed by atoms with E-state index < -0.39 is 7.26 Å². The molecule has 2 heteroatoms. The quantitative estimate of drug-likeness (QED) is 0.136. The SMILES string of the molecule is CC(C)CCC[C@@H](C)[C@H]1CC[C@H]2[C@@H]3CCC4(Br)CC(CC[PH](c5ccccc5)(c5ccccc5)c5ccccc5)CC[C@]4(C)[C@H]3CC[C@]12C. The van der Waals surface area contributed by atoms with Gasteiger partial charge in [-0.3, -0.25) is 0 Å². The van der Waals surface area contributed by atoms with Gasteiger partial charge in [-0.15, -0.1) is 0 Å². The molecule has 3 aromatic carbocycles. The zero-order chi connectivity index (χ0) is 34.3. The van der Waals surface area contributed by atoms with Crippen molar-refractivity contribution >= 4 is 39.1 Å². The molecule has 266 valence electrons. The Kier molecular flexibility index (Phi) is 10.7. The molecule has 0 spiro atoms. The Morgan fingerprint density at radius 3 is 1.84 bits per heavy atom. The number of alkyl halides is 1. The predicted octanol–water partition coefficient (Wildman–Crippen LogP) is 12.4. The van der Waals surface area contributed by atoms with Gasteiger partial charge in [0.25, 0.3) is 0 Å². The Morgan fingerprint density at radius 1 is 0.673 bits per heavy atom. The van der Waals surface area contributed by atoms with Crippen molar-refractivity contribution in [3.8, 4) is 0 Å². The fourth-order valence-corrected chi connectivity index (χ4v) is 19.3. The average molecular weight is 742 g/mol. The molecule has 0 nitrogen and oxygen atoms in total. The second-order valence-electron chi connectivity index (χ2n) is 18.5. The van der Waals surface area contributed by atoms with Crippen LogP contribution in [0.3, 0.4) is 0 Å². The summed E-state index contributed by atoms with van der Waals surface area (Å²) in [4.78, 5) is 0. The van der Waals surface area contributed by atoms with Gasteiger partial charge in [-0.05, 0) is 5.92 Å². The first-order valence-electron chi connectivity index (χ1n) is 20.5. The molecule has 7 rings (SSSR count).